The molecule has 0 amide bonds. The number of benzene rings is 3. The second kappa shape index (κ2) is 10.9. The fourth-order valence-corrected chi connectivity index (χ4v) is 3.09. The van der Waals surface area contributed by atoms with Gasteiger partial charge in [-0.3, -0.25) is 9.97 Å². The van der Waals surface area contributed by atoms with E-state index in [1.807, 2.05) is 85.8 Å². The van der Waals surface area contributed by atoms with Crippen molar-refractivity contribution in [3.05, 3.63) is 114 Å². The maximum absolute atomic E-state index is 5.87. The Labute approximate surface area is 200 Å². The minimum atomic E-state index is 0. The van der Waals surface area contributed by atoms with Gasteiger partial charge in [-0.15, -0.1) is 77.3 Å². The third-order valence-electron chi connectivity index (χ3n) is 4.42. The van der Waals surface area contributed by atoms with Gasteiger partial charge in [0.15, 0.2) is 0 Å². The Bertz CT molecular complexity index is 1210. The average Bonchev–Trinajstić information content (AvgIpc) is 2.81. The molecule has 155 valence electrons. The van der Waals surface area contributed by atoms with Gasteiger partial charge < -0.3 is 4.98 Å². The quantitative estimate of drug-likeness (QED) is 0.215. The molecule has 5 heteroatoms. The van der Waals surface area contributed by atoms with Crippen LogP contribution in [0, 0.1) is 19.1 Å². The molecular weight excluding hydrogens is 582 g/mol. The molecule has 0 bridgehead atoms. The van der Waals surface area contributed by atoms with Gasteiger partial charge in [0.2, 0.25) is 0 Å². The van der Waals surface area contributed by atoms with E-state index in [4.69, 9.17) is 11.6 Å². The summed E-state index contributed by atoms with van der Waals surface area (Å²) in [5.74, 6) is 0. The number of para-hydroxylation sites is 2. The van der Waals surface area contributed by atoms with Gasteiger partial charge >= 0.3 is 0 Å². The molecular formula is C26H18ClIrN3-2. The summed E-state index contributed by atoms with van der Waals surface area (Å²) in [5.41, 5.74) is 6.47. The molecule has 5 rings (SSSR count). The normalized spacial score (nSPS) is 10.0. The summed E-state index contributed by atoms with van der Waals surface area (Å²) in [6, 6.07) is 33.3. The molecule has 0 saturated carbocycles. The van der Waals surface area contributed by atoms with Crippen molar-refractivity contribution in [2.24, 2.45) is 0 Å². The molecule has 0 unspecified atom stereocenters. The van der Waals surface area contributed by atoms with Gasteiger partial charge in [-0.25, -0.2) is 0 Å². The van der Waals surface area contributed by atoms with E-state index < -0.39 is 0 Å². The van der Waals surface area contributed by atoms with E-state index in [0.717, 1.165) is 39.2 Å². The second-order valence-electron chi connectivity index (χ2n) is 6.56. The summed E-state index contributed by atoms with van der Waals surface area (Å²) in [6.07, 6.45) is 1.79. The molecule has 0 aliphatic heterocycles. The van der Waals surface area contributed by atoms with Crippen molar-refractivity contribution in [1.29, 1.82) is 0 Å². The molecule has 0 aliphatic rings. The Hall–Kier alpha value is -2.91. The number of aromatic nitrogens is 3. The molecule has 1 radical (unpaired) electrons. The van der Waals surface area contributed by atoms with Crippen molar-refractivity contribution in [2.75, 3.05) is 0 Å². The van der Waals surface area contributed by atoms with Crippen LogP contribution in [0.2, 0.25) is 5.02 Å². The van der Waals surface area contributed by atoms with E-state index in [2.05, 4.69) is 27.1 Å². The molecule has 2 heterocycles. The molecule has 31 heavy (non-hydrogen) atoms. The Morgan fingerprint density at radius 1 is 0.742 bits per heavy atom. The van der Waals surface area contributed by atoms with E-state index in [-0.39, 0.29) is 20.1 Å². The van der Waals surface area contributed by atoms with Gasteiger partial charge in [0.25, 0.3) is 0 Å². The van der Waals surface area contributed by atoms with Crippen LogP contribution in [0.1, 0.15) is 5.69 Å². The second-order valence-corrected chi connectivity index (χ2v) is 6.99. The number of pyridine rings is 1. The van der Waals surface area contributed by atoms with Crippen LogP contribution in [-0.4, -0.2) is 15.0 Å². The van der Waals surface area contributed by atoms with Crippen LogP contribution in [0.3, 0.4) is 0 Å². The van der Waals surface area contributed by atoms with E-state index in [0.29, 0.717) is 5.02 Å². The number of aryl methyl sites for hydroxylation is 1. The third-order valence-corrected chi connectivity index (χ3v) is 4.66. The van der Waals surface area contributed by atoms with Crippen LogP contribution in [0.4, 0.5) is 0 Å². The minimum Gasteiger partial charge on any atom is -0.305 e. The van der Waals surface area contributed by atoms with Crippen LogP contribution in [0.25, 0.3) is 33.5 Å². The average molecular weight is 600 g/mol. The first kappa shape index (κ1) is 22.8. The van der Waals surface area contributed by atoms with Gasteiger partial charge in [-0.1, -0.05) is 24.3 Å². The zero-order valence-electron chi connectivity index (χ0n) is 16.7. The first-order chi connectivity index (χ1) is 14.7. The number of hydrogen-bond donors (Lipinski definition) is 0. The third kappa shape index (κ3) is 5.83. The SMILES string of the molecule is Cc1nc2ccccc2nc1-c1[c-]cc(Cl)cc1.[Ir].[c-]1ccccc1-c1ccccn1. The fraction of sp³-hybridized carbons (Fsp3) is 0.0385. The maximum atomic E-state index is 5.87. The summed E-state index contributed by atoms with van der Waals surface area (Å²) in [7, 11) is 0. The Morgan fingerprint density at radius 2 is 1.48 bits per heavy atom. The van der Waals surface area contributed by atoms with Crippen LogP contribution >= 0.6 is 11.6 Å². The summed E-state index contributed by atoms with van der Waals surface area (Å²) in [5, 5.41) is 0.671. The van der Waals surface area contributed by atoms with Crippen LogP contribution in [0.15, 0.2) is 91.1 Å². The zero-order chi connectivity index (χ0) is 20.8. The summed E-state index contributed by atoms with van der Waals surface area (Å²) in [6.45, 7) is 1.96. The van der Waals surface area contributed by atoms with Gasteiger partial charge in [0.05, 0.1) is 11.0 Å². The predicted octanol–water partition coefficient (Wildman–Crippen LogP) is 6.61. The number of rotatable bonds is 2. The molecule has 0 atom stereocenters. The molecule has 3 aromatic carbocycles. The van der Waals surface area contributed by atoms with Gasteiger partial charge in [0.1, 0.15) is 0 Å². The number of nitrogens with zero attached hydrogens (tertiary/aromatic N) is 3. The van der Waals surface area contributed by atoms with E-state index in [1.165, 1.54) is 0 Å². The molecule has 3 nitrogen and oxygen atoms in total. The van der Waals surface area contributed by atoms with Gasteiger partial charge in [-0.05, 0) is 35.8 Å². The topological polar surface area (TPSA) is 38.7 Å². The molecule has 5 aromatic rings. The van der Waals surface area contributed by atoms with Crippen molar-refractivity contribution in [2.45, 2.75) is 6.92 Å². The van der Waals surface area contributed by atoms with Crippen LogP contribution < -0.4 is 0 Å². The van der Waals surface area contributed by atoms with Crippen molar-refractivity contribution in [1.82, 2.24) is 15.0 Å². The standard InChI is InChI=1S/C15H10ClN2.C11H8N.Ir/c1-10-15(11-6-8-12(16)9-7-11)18-14-5-3-2-4-13(14)17-10;1-2-6-10(7-3-1)11-8-4-5-9-12-11;/h2-6,8-9H,1H3;1-6,8-9H;/q2*-1;. The van der Waals surface area contributed by atoms with Crippen LogP contribution in [-0.2, 0) is 20.1 Å². The summed E-state index contributed by atoms with van der Waals surface area (Å²) < 4.78 is 0. The minimum absolute atomic E-state index is 0. The maximum Gasteiger partial charge on any atom is 0.0870 e. The fourth-order valence-electron chi connectivity index (χ4n) is 2.97. The Morgan fingerprint density at radius 3 is 2.13 bits per heavy atom. The molecule has 0 saturated heterocycles. The predicted molar refractivity (Wildman–Crippen MR) is 122 cm³/mol. The Kier molecular flexibility index (Phi) is 8.02. The van der Waals surface area contributed by atoms with Gasteiger partial charge in [0, 0.05) is 37.7 Å². The van der Waals surface area contributed by atoms with Crippen molar-refractivity contribution >= 4 is 22.6 Å². The Balaban J connectivity index is 0.000000183. The smallest absolute Gasteiger partial charge is 0.0870 e. The van der Waals surface area contributed by atoms with E-state index in [9.17, 15) is 0 Å². The van der Waals surface area contributed by atoms with Crippen molar-refractivity contribution < 1.29 is 20.1 Å². The first-order valence-electron chi connectivity index (χ1n) is 9.50. The van der Waals surface area contributed by atoms with Gasteiger partial charge in [-0.2, -0.15) is 0 Å². The van der Waals surface area contributed by atoms with E-state index >= 15 is 0 Å². The zero-order valence-corrected chi connectivity index (χ0v) is 19.9. The first-order valence-corrected chi connectivity index (χ1v) is 9.87. The molecule has 0 N–H and O–H groups in total. The molecule has 2 aromatic heterocycles. The van der Waals surface area contributed by atoms with E-state index in [1.54, 1.807) is 12.3 Å². The summed E-state index contributed by atoms with van der Waals surface area (Å²) >= 11 is 5.87. The molecule has 0 aliphatic carbocycles. The molecule has 0 spiro atoms. The monoisotopic (exact) mass is 600 g/mol. The molecule has 0 fully saturated rings. The number of fused-ring (bicyclic) bond motifs is 1. The largest absolute Gasteiger partial charge is 0.305 e. The van der Waals surface area contributed by atoms with Crippen molar-refractivity contribution in [3.63, 3.8) is 0 Å². The number of hydrogen-bond acceptors (Lipinski definition) is 3. The number of halogens is 1. The van der Waals surface area contributed by atoms with Crippen LogP contribution in [0.5, 0.6) is 0 Å². The summed E-state index contributed by atoms with van der Waals surface area (Å²) in [4.78, 5) is 13.4. The van der Waals surface area contributed by atoms with Crippen molar-refractivity contribution in [3.8, 4) is 22.5 Å².